The van der Waals surface area contributed by atoms with Crippen molar-refractivity contribution in [2.75, 3.05) is 19.7 Å². The molecule has 0 saturated carbocycles. The van der Waals surface area contributed by atoms with E-state index in [1.165, 1.54) is 0 Å². The molecule has 0 bridgehead atoms. The zero-order chi connectivity index (χ0) is 12.8. The minimum Gasteiger partial charge on any atom is -0.395 e. The Balaban J connectivity index is 2.93. The Morgan fingerprint density at radius 3 is 2.76 bits per heavy atom. The van der Waals surface area contributed by atoms with Crippen molar-refractivity contribution in [1.82, 2.24) is 9.47 Å². The molecule has 1 heterocycles. The Bertz CT molecular complexity index is 377. The number of likely N-dealkylation sites (N-methyl/N-ethyl adjacent to an activating group) is 1. The summed E-state index contributed by atoms with van der Waals surface area (Å²) in [7, 11) is 0. The Hall–Kier alpha value is -0.810. The molecule has 1 amide bonds. The van der Waals surface area contributed by atoms with E-state index in [1.807, 2.05) is 23.8 Å². The predicted molar refractivity (Wildman–Crippen MR) is 71.1 cm³/mol. The number of halogens is 1. The van der Waals surface area contributed by atoms with Crippen LogP contribution in [0.3, 0.4) is 0 Å². The van der Waals surface area contributed by atoms with Crippen LogP contribution >= 0.6 is 15.9 Å². The fourth-order valence-electron chi connectivity index (χ4n) is 1.77. The van der Waals surface area contributed by atoms with E-state index in [9.17, 15) is 4.79 Å². The van der Waals surface area contributed by atoms with Gasteiger partial charge in [-0.1, -0.05) is 6.92 Å². The third kappa shape index (κ3) is 3.57. The number of hydrogen-bond donors (Lipinski definition) is 1. The van der Waals surface area contributed by atoms with Crippen LogP contribution < -0.4 is 0 Å². The quantitative estimate of drug-likeness (QED) is 0.875. The number of nitrogens with zero attached hydrogens (tertiary/aromatic N) is 2. The highest BCUT2D eigenvalue weighted by atomic mass is 79.9. The molecule has 0 aliphatic rings. The predicted octanol–water partition coefficient (Wildman–Crippen LogP) is 2.12. The van der Waals surface area contributed by atoms with Crippen molar-refractivity contribution in [2.45, 2.75) is 26.8 Å². The van der Waals surface area contributed by atoms with Gasteiger partial charge in [-0.25, -0.2) is 0 Å². The van der Waals surface area contributed by atoms with E-state index in [-0.39, 0.29) is 12.5 Å². The maximum Gasteiger partial charge on any atom is 0.270 e. The van der Waals surface area contributed by atoms with Crippen molar-refractivity contribution in [1.29, 1.82) is 0 Å². The van der Waals surface area contributed by atoms with Crippen LogP contribution in [0.4, 0.5) is 0 Å². The minimum absolute atomic E-state index is 0.00473. The molecule has 17 heavy (non-hydrogen) atoms. The first-order chi connectivity index (χ1) is 8.13. The van der Waals surface area contributed by atoms with Crippen molar-refractivity contribution in [2.24, 2.45) is 0 Å². The van der Waals surface area contributed by atoms with E-state index in [1.54, 1.807) is 4.90 Å². The van der Waals surface area contributed by atoms with E-state index in [0.717, 1.165) is 17.4 Å². The number of carbonyl (C=O) groups is 1. The highest BCUT2D eigenvalue weighted by Crippen LogP contribution is 2.17. The molecule has 1 aromatic rings. The summed E-state index contributed by atoms with van der Waals surface area (Å²) in [6.07, 6.45) is 2.90. The zero-order valence-electron chi connectivity index (χ0n) is 10.3. The minimum atomic E-state index is -0.0271. The highest BCUT2D eigenvalue weighted by molar-refractivity contribution is 9.10. The normalized spacial score (nSPS) is 10.6. The third-order valence-corrected chi connectivity index (χ3v) is 3.02. The van der Waals surface area contributed by atoms with E-state index < -0.39 is 0 Å². The van der Waals surface area contributed by atoms with Gasteiger partial charge in [-0.2, -0.15) is 0 Å². The van der Waals surface area contributed by atoms with Gasteiger partial charge >= 0.3 is 0 Å². The first-order valence-corrected chi connectivity index (χ1v) is 6.69. The molecule has 0 atom stereocenters. The second-order valence-electron chi connectivity index (χ2n) is 3.85. The van der Waals surface area contributed by atoms with Crippen LogP contribution in [-0.4, -0.2) is 40.2 Å². The summed E-state index contributed by atoms with van der Waals surface area (Å²) in [5.74, 6) is -0.0271. The van der Waals surface area contributed by atoms with Gasteiger partial charge < -0.3 is 14.6 Å². The molecule has 0 aliphatic heterocycles. The number of aliphatic hydroxyl groups excluding tert-OH is 1. The highest BCUT2D eigenvalue weighted by Gasteiger charge is 2.18. The van der Waals surface area contributed by atoms with Crippen molar-refractivity contribution >= 4 is 21.8 Å². The van der Waals surface area contributed by atoms with Gasteiger partial charge in [0.05, 0.1) is 6.61 Å². The van der Waals surface area contributed by atoms with Gasteiger partial charge in [0.1, 0.15) is 5.69 Å². The number of aromatic nitrogens is 1. The Morgan fingerprint density at radius 1 is 1.53 bits per heavy atom. The van der Waals surface area contributed by atoms with Crippen molar-refractivity contribution in [3.05, 3.63) is 22.4 Å². The Morgan fingerprint density at radius 2 is 2.24 bits per heavy atom. The molecule has 0 saturated heterocycles. The van der Waals surface area contributed by atoms with E-state index in [0.29, 0.717) is 18.8 Å². The second kappa shape index (κ2) is 6.81. The number of amides is 1. The van der Waals surface area contributed by atoms with Gasteiger partial charge in [0.15, 0.2) is 0 Å². The van der Waals surface area contributed by atoms with E-state index in [2.05, 4.69) is 22.9 Å². The molecule has 4 nitrogen and oxygen atoms in total. The summed E-state index contributed by atoms with van der Waals surface area (Å²) in [4.78, 5) is 13.9. The van der Waals surface area contributed by atoms with E-state index in [4.69, 9.17) is 5.11 Å². The van der Waals surface area contributed by atoms with Crippen LogP contribution in [0.25, 0.3) is 0 Å². The molecule has 1 rings (SSSR count). The van der Waals surface area contributed by atoms with Gasteiger partial charge in [-0.3, -0.25) is 4.79 Å². The van der Waals surface area contributed by atoms with Crippen LogP contribution in [0.5, 0.6) is 0 Å². The summed E-state index contributed by atoms with van der Waals surface area (Å²) >= 11 is 3.39. The zero-order valence-corrected chi connectivity index (χ0v) is 11.9. The van der Waals surface area contributed by atoms with Gasteiger partial charge in [-0.15, -0.1) is 0 Å². The van der Waals surface area contributed by atoms with Crippen LogP contribution in [0.2, 0.25) is 0 Å². The molecule has 0 unspecified atom stereocenters. The maximum atomic E-state index is 12.2. The van der Waals surface area contributed by atoms with Gasteiger partial charge in [-0.05, 0) is 35.3 Å². The lowest BCUT2D eigenvalue weighted by Crippen LogP contribution is -2.34. The summed E-state index contributed by atoms with van der Waals surface area (Å²) in [5, 5.41) is 8.93. The SMILES string of the molecule is CCCn1cc(Br)cc1C(=O)N(CC)CCO. The monoisotopic (exact) mass is 302 g/mol. The topological polar surface area (TPSA) is 45.5 Å². The standard InChI is InChI=1S/C12H19BrN2O2/c1-3-5-15-9-10(13)8-11(15)12(17)14(4-2)6-7-16/h8-9,16H,3-7H2,1-2H3. The van der Waals surface area contributed by atoms with Crippen LogP contribution in [0, 0.1) is 0 Å². The molecule has 0 radical (unpaired) electrons. The Kier molecular flexibility index (Phi) is 5.71. The third-order valence-electron chi connectivity index (χ3n) is 2.59. The largest absolute Gasteiger partial charge is 0.395 e. The first-order valence-electron chi connectivity index (χ1n) is 5.89. The smallest absolute Gasteiger partial charge is 0.270 e. The summed E-state index contributed by atoms with van der Waals surface area (Å²) in [6.45, 7) is 5.79. The molecular formula is C12H19BrN2O2. The first kappa shape index (κ1) is 14.3. The van der Waals surface area contributed by atoms with Crippen molar-refractivity contribution in [3.8, 4) is 0 Å². The Labute approximate surface area is 110 Å². The molecule has 0 spiro atoms. The summed E-state index contributed by atoms with van der Waals surface area (Å²) in [6, 6.07) is 1.83. The maximum absolute atomic E-state index is 12.2. The molecular weight excluding hydrogens is 284 g/mol. The number of carbonyl (C=O) groups excluding carboxylic acids is 1. The number of aryl methyl sites for hydroxylation is 1. The lowest BCUT2D eigenvalue weighted by atomic mass is 10.3. The molecule has 0 aliphatic carbocycles. The summed E-state index contributed by atoms with van der Waals surface area (Å²) < 4.78 is 2.86. The second-order valence-corrected chi connectivity index (χ2v) is 4.76. The summed E-state index contributed by atoms with van der Waals surface area (Å²) in [5.41, 5.74) is 0.675. The molecule has 96 valence electrons. The van der Waals surface area contributed by atoms with Crippen LogP contribution in [-0.2, 0) is 6.54 Å². The van der Waals surface area contributed by atoms with E-state index >= 15 is 0 Å². The number of hydrogen-bond acceptors (Lipinski definition) is 2. The fraction of sp³-hybridized carbons (Fsp3) is 0.583. The van der Waals surface area contributed by atoms with Gasteiger partial charge in [0, 0.05) is 30.3 Å². The van der Waals surface area contributed by atoms with Gasteiger partial charge in [0.2, 0.25) is 0 Å². The average molecular weight is 303 g/mol. The molecule has 0 fully saturated rings. The van der Waals surface area contributed by atoms with Crippen LogP contribution in [0.1, 0.15) is 30.8 Å². The number of rotatable bonds is 6. The van der Waals surface area contributed by atoms with Crippen molar-refractivity contribution in [3.63, 3.8) is 0 Å². The van der Waals surface area contributed by atoms with Crippen molar-refractivity contribution < 1.29 is 9.90 Å². The molecule has 0 aromatic carbocycles. The average Bonchev–Trinajstić information content (AvgIpc) is 2.67. The molecule has 5 heteroatoms. The lowest BCUT2D eigenvalue weighted by Gasteiger charge is -2.20. The molecule has 1 N–H and O–H groups in total. The molecule has 1 aromatic heterocycles. The van der Waals surface area contributed by atoms with Crippen LogP contribution in [0.15, 0.2) is 16.7 Å². The fourth-order valence-corrected chi connectivity index (χ4v) is 2.23. The number of aliphatic hydroxyl groups is 1. The lowest BCUT2D eigenvalue weighted by molar-refractivity contribution is 0.0721. The van der Waals surface area contributed by atoms with Gasteiger partial charge in [0.25, 0.3) is 5.91 Å².